The highest BCUT2D eigenvalue weighted by Crippen LogP contribution is 2.30. The van der Waals surface area contributed by atoms with Gasteiger partial charge in [0.25, 0.3) is 0 Å². The molecule has 1 amide bonds. The molecule has 1 saturated heterocycles. The molecule has 0 aromatic rings. The molecule has 0 radical (unpaired) electrons. The number of nitrogens with two attached hydrogens (primary N) is 1. The molecule has 0 spiro atoms. The van der Waals surface area contributed by atoms with Gasteiger partial charge in [-0.25, -0.2) is 0 Å². The Labute approximate surface area is 115 Å². The van der Waals surface area contributed by atoms with Gasteiger partial charge in [-0.3, -0.25) is 9.69 Å². The van der Waals surface area contributed by atoms with Crippen molar-refractivity contribution < 1.29 is 9.90 Å². The number of hydrogen-bond donors (Lipinski definition) is 2. The molecule has 3 N–H and O–H groups in total. The lowest BCUT2D eigenvalue weighted by Gasteiger charge is -2.39. The first-order chi connectivity index (χ1) is 9.11. The van der Waals surface area contributed by atoms with Gasteiger partial charge in [-0.2, -0.15) is 0 Å². The third kappa shape index (κ3) is 3.68. The van der Waals surface area contributed by atoms with Crippen LogP contribution in [0, 0.1) is 11.8 Å². The number of aliphatic hydroxyl groups excluding tert-OH is 1. The number of amides is 1. The van der Waals surface area contributed by atoms with Gasteiger partial charge in [0.15, 0.2) is 0 Å². The lowest BCUT2D eigenvalue weighted by molar-refractivity contribution is -0.140. The van der Waals surface area contributed by atoms with Gasteiger partial charge >= 0.3 is 0 Å². The van der Waals surface area contributed by atoms with Crippen LogP contribution in [-0.2, 0) is 4.79 Å². The molecule has 1 aliphatic carbocycles. The van der Waals surface area contributed by atoms with Gasteiger partial charge < -0.3 is 15.7 Å². The van der Waals surface area contributed by atoms with Crippen LogP contribution in [0.15, 0.2) is 0 Å². The summed E-state index contributed by atoms with van der Waals surface area (Å²) in [4.78, 5) is 16.8. The van der Waals surface area contributed by atoms with E-state index in [4.69, 9.17) is 10.8 Å². The van der Waals surface area contributed by atoms with Crippen molar-refractivity contribution in [1.29, 1.82) is 0 Å². The van der Waals surface area contributed by atoms with Crippen LogP contribution < -0.4 is 5.73 Å². The highest BCUT2D eigenvalue weighted by molar-refractivity contribution is 5.79. The Hall–Kier alpha value is -0.650. The van der Waals surface area contributed by atoms with Crippen molar-refractivity contribution in [3.8, 4) is 0 Å². The highest BCUT2D eigenvalue weighted by Gasteiger charge is 2.34. The maximum atomic E-state index is 12.6. The van der Waals surface area contributed by atoms with E-state index >= 15 is 0 Å². The summed E-state index contributed by atoms with van der Waals surface area (Å²) in [5.74, 6) is 0.877. The van der Waals surface area contributed by atoms with Crippen molar-refractivity contribution in [1.82, 2.24) is 9.80 Å². The number of carbonyl (C=O) groups is 1. The summed E-state index contributed by atoms with van der Waals surface area (Å²) >= 11 is 0. The van der Waals surface area contributed by atoms with E-state index in [0.717, 1.165) is 45.4 Å². The predicted molar refractivity (Wildman–Crippen MR) is 74.6 cm³/mol. The van der Waals surface area contributed by atoms with Crippen molar-refractivity contribution in [3.05, 3.63) is 0 Å². The average Bonchev–Trinajstić information content (AvgIpc) is 2.42. The van der Waals surface area contributed by atoms with Crippen LogP contribution in [0.3, 0.4) is 0 Å². The monoisotopic (exact) mass is 269 g/mol. The molecule has 5 nitrogen and oxygen atoms in total. The normalized spacial score (nSPS) is 33.4. The number of rotatable bonds is 3. The standard InChI is InChI=1S/C14H27N3O2/c1-11-2-3-12(15)10-13(11)14(19)17-6-4-16(5-7-17)8-9-18/h11-13,18H,2-10,15H2,1H3. The first-order valence-electron chi connectivity index (χ1n) is 7.49. The Kier molecular flexibility index (Phi) is 5.19. The molecule has 1 heterocycles. The van der Waals surface area contributed by atoms with E-state index in [-0.39, 0.29) is 18.6 Å². The maximum absolute atomic E-state index is 12.6. The van der Waals surface area contributed by atoms with E-state index in [1.807, 2.05) is 4.90 Å². The Balaban J connectivity index is 1.86. The smallest absolute Gasteiger partial charge is 0.226 e. The molecular formula is C14H27N3O2. The Morgan fingerprint density at radius 3 is 2.58 bits per heavy atom. The quantitative estimate of drug-likeness (QED) is 0.750. The van der Waals surface area contributed by atoms with E-state index in [0.29, 0.717) is 18.4 Å². The van der Waals surface area contributed by atoms with Gasteiger partial charge in [-0.05, 0) is 25.2 Å². The van der Waals surface area contributed by atoms with Crippen molar-refractivity contribution >= 4 is 5.91 Å². The highest BCUT2D eigenvalue weighted by atomic mass is 16.3. The van der Waals surface area contributed by atoms with Crippen molar-refractivity contribution in [2.24, 2.45) is 17.6 Å². The molecule has 0 aromatic heterocycles. The molecular weight excluding hydrogens is 242 g/mol. The summed E-state index contributed by atoms with van der Waals surface area (Å²) in [6.45, 7) is 6.42. The third-order valence-corrected chi connectivity index (χ3v) is 4.65. The van der Waals surface area contributed by atoms with Crippen molar-refractivity contribution in [3.63, 3.8) is 0 Å². The first kappa shape index (κ1) is 14.8. The van der Waals surface area contributed by atoms with E-state index in [1.54, 1.807) is 0 Å². The van der Waals surface area contributed by atoms with Crippen LogP contribution in [0.2, 0.25) is 0 Å². The second kappa shape index (κ2) is 6.68. The summed E-state index contributed by atoms with van der Waals surface area (Å²) < 4.78 is 0. The molecule has 1 saturated carbocycles. The number of hydrogen-bond acceptors (Lipinski definition) is 4. The fourth-order valence-corrected chi connectivity index (χ4v) is 3.27. The SMILES string of the molecule is CC1CCC(N)CC1C(=O)N1CCN(CCO)CC1. The predicted octanol–water partition coefficient (Wildman–Crippen LogP) is -0.114. The summed E-state index contributed by atoms with van der Waals surface area (Å²) in [6.07, 6.45) is 2.97. The Morgan fingerprint density at radius 2 is 1.95 bits per heavy atom. The minimum Gasteiger partial charge on any atom is -0.395 e. The van der Waals surface area contributed by atoms with Crippen molar-refractivity contribution in [2.75, 3.05) is 39.3 Å². The zero-order valence-electron chi connectivity index (χ0n) is 11.9. The third-order valence-electron chi connectivity index (χ3n) is 4.65. The number of aliphatic hydroxyl groups is 1. The van der Waals surface area contributed by atoms with Crippen LogP contribution in [0.4, 0.5) is 0 Å². The fraction of sp³-hybridized carbons (Fsp3) is 0.929. The number of piperazine rings is 1. The van der Waals surface area contributed by atoms with E-state index in [1.165, 1.54) is 0 Å². The zero-order valence-corrected chi connectivity index (χ0v) is 11.9. The van der Waals surface area contributed by atoms with Gasteiger partial charge in [0.05, 0.1) is 6.61 Å². The topological polar surface area (TPSA) is 69.8 Å². The average molecular weight is 269 g/mol. The molecule has 3 unspecified atom stereocenters. The van der Waals surface area contributed by atoms with E-state index < -0.39 is 0 Å². The molecule has 19 heavy (non-hydrogen) atoms. The molecule has 2 aliphatic rings. The Morgan fingerprint density at radius 1 is 1.26 bits per heavy atom. The largest absolute Gasteiger partial charge is 0.395 e. The van der Waals surface area contributed by atoms with Gasteiger partial charge in [-0.15, -0.1) is 0 Å². The fourth-order valence-electron chi connectivity index (χ4n) is 3.27. The zero-order chi connectivity index (χ0) is 13.8. The molecule has 2 fully saturated rings. The van der Waals surface area contributed by atoms with Crippen LogP contribution in [0.5, 0.6) is 0 Å². The summed E-state index contributed by atoms with van der Waals surface area (Å²) in [6, 6.07) is 0.195. The van der Waals surface area contributed by atoms with Gasteiger partial charge in [0.2, 0.25) is 5.91 Å². The second-order valence-corrected chi connectivity index (χ2v) is 6.05. The number of carbonyl (C=O) groups excluding carboxylic acids is 1. The molecule has 2 rings (SSSR count). The lowest BCUT2D eigenvalue weighted by Crippen LogP contribution is -2.52. The minimum atomic E-state index is 0.119. The minimum absolute atomic E-state index is 0.119. The number of β-amino-alcohol motifs (C(OH)–C–C–N with tert-alkyl or cyclic N) is 1. The second-order valence-electron chi connectivity index (χ2n) is 6.05. The van der Waals surface area contributed by atoms with Crippen LogP contribution in [0.1, 0.15) is 26.2 Å². The number of nitrogens with zero attached hydrogens (tertiary/aromatic N) is 2. The van der Waals surface area contributed by atoms with Crippen LogP contribution in [0.25, 0.3) is 0 Å². The van der Waals surface area contributed by atoms with Gasteiger partial charge in [0, 0.05) is 44.7 Å². The Bertz CT molecular complexity index is 303. The summed E-state index contributed by atoms with van der Waals surface area (Å²) in [5.41, 5.74) is 6.01. The molecule has 5 heteroatoms. The summed E-state index contributed by atoms with van der Waals surface area (Å²) in [7, 11) is 0. The van der Waals surface area contributed by atoms with E-state index in [9.17, 15) is 4.79 Å². The maximum Gasteiger partial charge on any atom is 0.226 e. The van der Waals surface area contributed by atoms with Crippen LogP contribution in [-0.4, -0.2) is 66.2 Å². The lowest BCUT2D eigenvalue weighted by atomic mass is 9.77. The van der Waals surface area contributed by atoms with E-state index in [2.05, 4.69) is 11.8 Å². The summed E-state index contributed by atoms with van der Waals surface area (Å²) in [5, 5.41) is 8.93. The molecule has 0 bridgehead atoms. The molecule has 1 aliphatic heterocycles. The first-order valence-corrected chi connectivity index (χ1v) is 7.49. The molecule has 110 valence electrons. The molecule has 0 aromatic carbocycles. The van der Waals surface area contributed by atoms with Crippen molar-refractivity contribution in [2.45, 2.75) is 32.2 Å². The van der Waals surface area contributed by atoms with Gasteiger partial charge in [-0.1, -0.05) is 6.92 Å². The molecule has 3 atom stereocenters. The van der Waals surface area contributed by atoms with Crippen LogP contribution >= 0.6 is 0 Å². The van der Waals surface area contributed by atoms with Gasteiger partial charge in [0.1, 0.15) is 0 Å².